The van der Waals surface area contributed by atoms with Crippen molar-refractivity contribution in [3.8, 4) is 22.8 Å². The van der Waals surface area contributed by atoms with E-state index in [0.717, 1.165) is 12.1 Å². The molecule has 0 amide bonds. The number of benzene rings is 2. The number of nitrogens with two attached hydrogens (primary N) is 1. The number of sulfonamides is 1. The zero-order chi connectivity index (χ0) is 23.0. The van der Waals surface area contributed by atoms with Gasteiger partial charge in [-0.25, -0.2) is 17.2 Å². The summed E-state index contributed by atoms with van der Waals surface area (Å²) in [5, 5.41) is 12.4. The second-order valence-corrected chi connectivity index (χ2v) is 8.87. The van der Waals surface area contributed by atoms with Gasteiger partial charge in [-0.15, -0.1) is 10.2 Å². The van der Waals surface area contributed by atoms with E-state index in [1.54, 1.807) is 6.92 Å². The topological polar surface area (TPSA) is 124 Å². The van der Waals surface area contributed by atoms with Crippen LogP contribution in [0.5, 0.6) is 11.5 Å². The van der Waals surface area contributed by atoms with Gasteiger partial charge in [0.1, 0.15) is 11.6 Å². The van der Waals surface area contributed by atoms with Crippen LogP contribution in [0.2, 0.25) is 0 Å². The maximum atomic E-state index is 14.2. The van der Waals surface area contributed by atoms with E-state index in [0.29, 0.717) is 28.8 Å². The maximum Gasteiger partial charge on any atom is 0.232 e. The van der Waals surface area contributed by atoms with Crippen LogP contribution in [0.1, 0.15) is 12.7 Å². The summed E-state index contributed by atoms with van der Waals surface area (Å²) in [5.74, 6) is -1.37. The lowest BCUT2D eigenvalue weighted by atomic mass is 10.1. The number of nitrogens with one attached hydrogen (secondary N) is 1. The highest BCUT2D eigenvalue weighted by molar-refractivity contribution is 7.92. The third kappa shape index (κ3) is 4.17. The minimum absolute atomic E-state index is 0.127. The van der Waals surface area contributed by atoms with Gasteiger partial charge in [0.15, 0.2) is 17.4 Å². The molecule has 0 atom stereocenters. The van der Waals surface area contributed by atoms with E-state index in [-0.39, 0.29) is 28.6 Å². The molecule has 0 saturated heterocycles. The molecule has 3 N–H and O–H groups in total. The van der Waals surface area contributed by atoms with Crippen LogP contribution in [-0.4, -0.2) is 34.0 Å². The fraction of sp³-hybridized carbons (Fsp3) is 0.150. The number of rotatable bonds is 6. The number of fused-ring (bicyclic) bond motifs is 1. The van der Waals surface area contributed by atoms with Gasteiger partial charge in [0.05, 0.1) is 17.1 Å². The van der Waals surface area contributed by atoms with E-state index in [1.165, 1.54) is 35.7 Å². The van der Waals surface area contributed by atoms with Crippen molar-refractivity contribution < 1.29 is 21.9 Å². The third-order valence-electron chi connectivity index (χ3n) is 4.58. The third-order valence-corrected chi connectivity index (χ3v) is 5.88. The van der Waals surface area contributed by atoms with Gasteiger partial charge in [-0.2, -0.15) is 9.61 Å². The van der Waals surface area contributed by atoms with Gasteiger partial charge in [0.25, 0.3) is 0 Å². The minimum Gasteiger partial charge on any atom is -0.454 e. The van der Waals surface area contributed by atoms with E-state index >= 15 is 0 Å². The van der Waals surface area contributed by atoms with E-state index in [2.05, 4.69) is 20.0 Å². The van der Waals surface area contributed by atoms with Crippen molar-refractivity contribution >= 4 is 27.0 Å². The van der Waals surface area contributed by atoms with Crippen LogP contribution >= 0.6 is 0 Å². The Hall–Kier alpha value is -3.80. The molecule has 0 radical (unpaired) electrons. The van der Waals surface area contributed by atoms with Crippen LogP contribution < -0.4 is 15.2 Å². The van der Waals surface area contributed by atoms with Crippen molar-refractivity contribution in [1.82, 2.24) is 19.8 Å². The second kappa shape index (κ2) is 8.04. The fourth-order valence-corrected chi connectivity index (χ4v) is 3.58. The molecule has 4 aromatic rings. The van der Waals surface area contributed by atoms with Crippen molar-refractivity contribution in [3.05, 3.63) is 59.9 Å². The highest BCUT2D eigenvalue weighted by atomic mass is 32.2. The average molecular weight is 460 g/mol. The fourth-order valence-electron chi connectivity index (χ4n) is 2.95. The number of hydrogen-bond acceptors (Lipinski definition) is 7. The molecule has 166 valence electrons. The first-order valence-electron chi connectivity index (χ1n) is 9.43. The Morgan fingerprint density at radius 2 is 1.84 bits per heavy atom. The number of nitrogen functional groups attached to an aromatic ring is 1. The zero-order valence-corrected chi connectivity index (χ0v) is 17.8. The average Bonchev–Trinajstić information content (AvgIpc) is 3.12. The first kappa shape index (κ1) is 21.4. The normalized spacial score (nSPS) is 11.6. The highest BCUT2D eigenvalue weighted by Crippen LogP contribution is 2.37. The van der Waals surface area contributed by atoms with Crippen LogP contribution in [0.3, 0.4) is 0 Å². The molecule has 0 unspecified atom stereocenters. The molecule has 4 rings (SSSR count). The Morgan fingerprint density at radius 1 is 1.09 bits per heavy atom. The summed E-state index contributed by atoms with van der Waals surface area (Å²) in [6, 6.07) is 8.82. The van der Waals surface area contributed by atoms with Crippen LogP contribution in [0.25, 0.3) is 16.9 Å². The lowest BCUT2D eigenvalue weighted by Gasteiger charge is -2.15. The summed E-state index contributed by atoms with van der Waals surface area (Å²) < 4.78 is 61.1. The van der Waals surface area contributed by atoms with Gasteiger partial charge in [-0.05, 0) is 50.2 Å². The molecule has 0 bridgehead atoms. The number of aryl methyl sites for hydroxylation is 1. The number of ether oxygens (including phenoxy) is 1. The maximum absolute atomic E-state index is 14.2. The van der Waals surface area contributed by atoms with Crippen LogP contribution in [-0.2, 0) is 10.0 Å². The second-order valence-electron chi connectivity index (χ2n) is 6.86. The van der Waals surface area contributed by atoms with Gasteiger partial charge >= 0.3 is 0 Å². The molecule has 32 heavy (non-hydrogen) atoms. The summed E-state index contributed by atoms with van der Waals surface area (Å²) in [7, 11) is -3.56. The van der Waals surface area contributed by atoms with Gasteiger partial charge in [-0.1, -0.05) is 0 Å². The van der Waals surface area contributed by atoms with Crippen molar-refractivity contribution in [1.29, 1.82) is 0 Å². The molecular formula is C20H18F2N6O3S. The molecule has 2 aromatic heterocycles. The first-order valence-corrected chi connectivity index (χ1v) is 11.1. The number of aromatic nitrogens is 4. The minimum atomic E-state index is -3.56. The molecule has 0 aliphatic rings. The first-order chi connectivity index (χ1) is 15.2. The highest BCUT2D eigenvalue weighted by Gasteiger charge is 2.18. The van der Waals surface area contributed by atoms with E-state index < -0.39 is 21.7 Å². The summed E-state index contributed by atoms with van der Waals surface area (Å²) in [6.07, 6.45) is 0. The lowest BCUT2D eigenvalue weighted by molar-refractivity contribution is 0.439. The Morgan fingerprint density at radius 3 is 2.56 bits per heavy atom. The van der Waals surface area contributed by atoms with E-state index in [4.69, 9.17) is 10.5 Å². The Kier molecular flexibility index (Phi) is 5.38. The van der Waals surface area contributed by atoms with Gasteiger partial charge in [0.2, 0.25) is 15.7 Å². The zero-order valence-electron chi connectivity index (χ0n) is 17.0. The number of nitrogens with zero attached hydrogens (tertiary/aromatic N) is 4. The molecular weight excluding hydrogens is 442 g/mol. The quantitative estimate of drug-likeness (QED) is 0.451. The molecule has 0 aliphatic heterocycles. The Balaban J connectivity index is 1.87. The number of halogens is 2. The summed E-state index contributed by atoms with van der Waals surface area (Å²) in [4.78, 5) is 0. The van der Waals surface area contributed by atoms with Crippen molar-refractivity contribution in [2.75, 3.05) is 16.2 Å². The Bertz CT molecular complexity index is 1440. The molecule has 12 heteroatoms. The molecule has 2 heterocycles. The molecule has 9 nitrogen and oxygen atoms in total. The summed E-state index contributed by atoms with van der Waals surface area (Å²) >= 11 is 0. The van der Waals surface area contributed by atoms with Crippen molar-refractivity contribution in [3.63, 3.8) is 0 Å². The van der Waals surface area contributed by atoms with E-state index in [1.807, 2.05) is 0 Å². The standard InChI is InChI=1S/C20H18F2N6O3S/c1-3-32(29,30)27-13-5-7-18(31-19-6-4-12(21)8-15(19)22)14(9-13)17-10-16(23)20-25-24-11(2)28(20)26-17/h4-10,27H,3,23H2,1-2H3. The van der Waals surface area contributed by atoms with Crippen LogP contribution in [0.4, 0.5) is 20.2 Å². The predicted molar refractivity (Wildman–Crippen MR) is 115 cm³/mol. The molecule has 0 saturated carbocycles. The largest absolute Gasteiger partial charge is 0.454 e. The lowest BCUT2D eigenvalue weighted by Crippen LogP contribution is -2.14. The SMILES string of the molecule is CCS(=O)(=O)Nc1ccc(Oc2ccc(F)cc2F)c(-c2cc(N)c3nnc(C)n3n2)c1. The Labute approximate surface area is 181 Å². The summed E-state index contributed by atoms with van der Waals surface area (Å²) in [6.45, 7) is 3.19. The van der Waals surface area contributed by atoms with Crippen molar-refractivity contribution in [2.24, 2.45) is 0 Å². The summed E-state index contributed by atoms with van der Waals surface area (Å²) in [5.41, 5.74) is 7.57. The van der Waals surface area contributed by atoms with Crippen LogP contribution in [0.15, 0.2) is 42.5 Å². The molecule has 0 fully saturated rings. The molecule has 0 spiro atoms. The van der Waals surface area contributed by atoms with Crippen LogP contribution in [0, 0.1) is 18.6 Å². The van der Waals surface area contributed by atoms with Gasteiger partial charge < -0.3 is 10.5 Å². The van der Waals surface area contributed by atoms with Gasteiger partial charge in [0, 0.05) is 17.3 Å². The molecule has 0 aliphatic carbocycles. The monoisotopic (exact) mass is 460 g/mol. The number of anilines is 2. The molecule has 2 aromatic carbocycles. The van der Waals surface area contributed by atoms with E-state index in [9.17, 15) is 17.2 Å². The van der Waals surface area contributed by atoms with Gasteiger partial charge in [-0.3, -0.25) is 4.72 Å². The number of hydrogen-bond donors (Lipinski definition) is 2. The van der Waals surface area contributed by atoms with Crippen molar-refractivity contribution in [2.45, 2.75) is 13.8 Å². The smallest absolute Gasteiger partial charge is 0.232 e. The predicted octanol–water partition coefficient (Wildman–Crippen LogP) is 3.51.